The SMILES string of the molecule is CCC1CN(c2cc(=O)n(C)c3ccc(C#N)nc23)[C@@H](C)CN1C(c1ccc(F)cc1)c1nc(C2CC2)no1. The maximum atomic E-state index is 13.9. The number of benzene rings is 1. The van der Waals surface area contributed by atoms with Crippen LogP contribution >= 0.6 is 0 Å². The Labute approximate surface area is 225 Å². The molecule has 1 aromatic carbocycles. The molecule has 0 bridgehead atoms. The lowest BCUT2D eigenvalue weighted by Crippen LogP contribution is -2.58. The van der Waals surface area contributed by atoms with Gasteiger partial charge in [-0.3, -0.25) is 9.69 Å². The monoisotopic (exact) mass is 527 g/mol. The van der Waals surface area contributed by atoms with Crippen molar-refractivity contribution >= 4 is 16.7 Å². The average molecular weight is 528 g/mol. The van der Waals surface area contributed by atoms with E-state index in [0.29, 0.717) is 41.6 Å². The Morgan fingerprint density at radius 3 is 2.62 bits per heavy atom. The number of nitrogens with zero attached hydrogens (tertiary/aromatic N) is 7. The van der Waals surface area contributed by atoms with E-state index in [1.807, 2.05) is 0 Å². The van der Waals surface area contributed by atoms with Crippen LogP contribution in [0.15, 0.2) is 51.8 Å². The molecule has 4 heterocycles. The fraction of sp³-hybridized carbons (Fsp3) is 0.414. The van der Waals surface area contributed by atoms with Crippen molar-refractivity contribution in [3.63, 3.8) is 0 Å². The first-order chi connectivity index (χ1) is 18.9. The van der Waals surface area contributed by atoms with Gasteiger partial charge in [0.1, 0.15) is 29.1 Å². The minimum Gasteiger partial charge on any atom is -0.364 e. The molecular formula is C29H30FN7O2. The van der Waals surface area contributed by atoms with Crippen molar-refractivity contribution in [2.24, 2.45) is 7.05 Å². The Bertz CT molecular complexity index is 1620. The summed E-state index contributed by atoms with van der Waals surface area (Å²) in [6.07, 6.45) is 2.96. The lowest BCUT2D eigenvalue weighted by molar-refractivity contribution is 0.0976. The predicted octanol–water partition coefficient (Wildman–Crippen LogP) is 4.28. The van der Waals surface area contributed by atoms with Gasteiger partial charge >= 0.3 is 0 Å². The van der Waals surface area contributed by atoms with Crippen LogP contribution < -0.4 is 10.5 Å². The first-order valence-corrected chi connectivity index (χ1v) is 13.4. The van der Waals surface area contributed by atoms with Crippen LogP contribution in [0.3, 0.4) is 0 Å². The lowest BCUT2D eigenvalue weighted by atomic mass is 9.97. The Kier molecular flexibility index (Phi) is 6.39. The van der Waals surface area contributed by atoms with Gasteiger partial charge in [0.15, 0.2) is 5.82 Å². The fourth-order valence-electron chi connectivity index (χ4n) is 5.66. The van der Waals surface area contributed by atoms with Crippen molar-refractivity contribution in [3.8, 4) is 6.07 Å². The summed E-state index contributed by atoms with van der Waals surface area (Å²) in [5.41, 5.74) is 3.10. The van der Waals surface area contributed by atoms with E-state index in [9.17, 15) is 14.4 Å². The highest BCUT2D eigenvalue weighted by Crippen LogP contribution is 2.40. The summed E-state index contributed by atoms with van der Waals surface area (Å²) < 4.78 is 21.3. The van der Waals surface area contributed by atoms with Gasteiger partial charge in [-0.15, -0.1) is 0 Å². The highest BCUT2D eigenvalue weighted by molar-refractivity contribution is 5.89. The van der Waals surface area contributed by atoms with Crippen LogP contribution in [0, 0.1) is 17.1 Å². The average Bonchev–Trinajstić information content (AvgIpc) is 3.69. The summed E-state index contributed by atoms with van der Waals surface area (Å²) in [6, 6.07) is 13.4. The minimum absolute atomic E-state index is 0.00980. The Morgan fingerprint density at radius 2 is 1.92 bits per heavy atom. The maximum Gasteiger partial charge on any atom is 0.252 e. The number of pyridine rings is 2. The fourth-order valence-corrected chi connectivity index (χ4v) is 5.66. The number of anilines is 1. The van der Waals surface area contributed by atoms with E-state index in [1.54, 1.807) is 41.9 Å². The van der Waals surface area contributed by atoms with E-state index in [1.165, 1.54) is 12.1 Å². The highest BCUT2D eigenvalue weighted by Gasteiger charge is 2.40. The maximum absolute atomic E-state index is 13.9. The summed E-state index contributed by atoms with van der Waals surface area (Å²) in [5.74, 6) is 1.31. The molecule has 39 heavy (non-hydrogen) atoms. The summed E-state index contributed by atoms with van der Waals surface area (Å²) in [6.45, 7) is 5.50. The third-order valence-corrected chi connectivity index (χ3v) is 8.00. The zero-order chi connectivity index (χ0) is 27.3. The quantitative estimate of drug-likeness (QED) is 0.366. The van der Waals surface area contributed by atoms with Gasteiger partial charge in [0.25, 0.3) is 5.56 Å². The van der Waals surface area contributed by atoms with E-state index in [0.717, 1.165) is 36.3 Å². The standard InChI is InChI=1S/C29H30FN7O2/c1-4-22-16-36(24-13-25(38)35(3)23-12-11-21(14-31)32-26(23)24)17(2)15-37(22)27(18-7-9-20(30)10-8-18)29-33-28(34-39-29)19-5-6-19/h7-13,17,19,22,27H,4-6,15-16H2,1-3H3/t17-,22?,27?/m0/s1. The van der Waals surface area contributed by atoms with Crippen molar-refractivity contribution in [1.29, 1.82) is 5.26 Å². The Balaban J connectivity index is 1.40. The molecule has 4 aromatic rings. The molecule has 3 aromatic heterocycles. The molecule has 2 fully saturated rings. The van der Waals surface area contributed by atoms with Crippen molar-refractivity contribution in [3.05, 3.63) is 81.6 Å². The first-order valence-electron chi connectivity index (χ1n) is 13.4. The van der Waals surface area contributed by atoms with Gasteiger partial charge in [-0.25, -0.2) is 9.37 Å². The van der Waals surface area contributed by atoms with E-state index in [4.69, 9.17) is 9.51 Å². The van der Waals surface area contributed by atoms with Crippen LogP contribution in [0.1, 0.15) is 68.0 Å². The third-order valence-electron chi connectivity index (χ3n) is 8.00. The minimum atomic E-state index is -0.330. The van der Waals surface area contributed by atoms with Crippen LogP contribution in [-0.2, 0) is 7.05 Å². The number of nitriles is 1. The molecule has 200 valence electrons. The molecule has 0 N–H and O–H groups in total. The van der Waals surface area contributed by atoms with Crippen LogP contribution in [-0.4, -0.2) is 49.8 Å². The zero-order valence-electron chi connectivity index (χ0n) is 22.2. The molecule has 0 spiro atoms. The first kappa shape index (κ1) is 25.2. The van der Waals surface area contributed by atoms with Crippen molar-refractivity contribution in [1.82, 2.24) is 24.6 Å². The predicted molar refractivity (Wildman–Crippen MR) is 144 cm³/mol. The van der Waals surface area contributed by atoms with Crippen molar-refractivity contribution < 1.29 is 8.91 Å². The van der Waals surface area contributed by atoms with Gasteiger partial charge in [-0.05, 0) is 56.0 Å². The molecule has 2 aliphatic rings. The van der Waals surface area contributed by atoms with E-state index < -0.39 is 0 Å². The van der Waals surface area contributed by atoms with Gasteiger partial charge in [0, 0.05) is 44.2 Å². The molecule has 1 aliphatic carbocycles. The van der Waals surface area contributed by atoms with Crippen LogP contribution in [0.25, 0.3) is 11.0 Å². The molecule has 9 nitrogen and oxygen atoms in total. The number of halogens is 1. The molecule has 0 radical (unpaired) electrons. The smallest absolute Gasteiger partial charge is 0.252 e. The third kappa shape index (κ3) is 4.57. The summed E-state index contributed by atoms with van der Waals surface area (Å²) >= 11 is 0. The Hall–Kier alpha value is -4.10. The topological polar surface area (TPSA) is 104 Å². The molecule has 0 amide bonds. The summed E-state index contributed by atoms with van der Waals surface area (Å²) in [4.78, 5) is 26.9. The van der Waals surface area contributed by atoms with E-state index in [2.05, 4.69) is 39.9 Å². The number of hydrogen-bond donors (Lipinski definition) is 0. The molecule has 10 heteroatoms. The number of aromatic nitrogens is 4. The largest absolute Gasteiger partial charge is 0.364 e. The van der Waals surface area contributed by atoms with Crippen molar-refractivity contribution in [2.75, 3.05) is 18.0 Å². The Morgan fingerprint density at radius 1 is 1.15 bits per heavy atom. The van der Waals surface area contributed by atoms with Gasteiger partial charge in [0.2, 0.25) is 5.89 Å². The molecule has 1 saturated carbocycles. The summed E-state index contributed by atoms with van der Waals surface area (Å²) in [5, 5.41) is 13.7. The van der Waals surface area contributed by atoms with Gasteiger partial charge in [0.05, 0.1) is 11.2 Å². The van der Waals surface area contributed by atoms with Gasteiger partial charge < -0.3 is 14.0 Å². The number of hydrogen-bond acceptors (Lipinski definition) is 8. The normalized spacial score (nSPS) is 20.7. The number of aryl methyl sites for hydroxylation is 1. The van der Waals surface area contributed by atoms with Gasteiger partial charge in [-0.2, -0.15) is 10.2 Å². The molecule has 2 unspecified atom stereocenters. The van der Waals surface area contributed by atoms with Crippen LogP contribution in [0.2, 0.25) is 0 Å². The van der Waals surface area contributed by atoms with Crippen molar-refractivity contribution in [2.45, 2.75) is 57.2 Å². The second kappa shape index (κ2) is 9.89. The van der Waals surface area contributed by atoms with E-state index in [-0.39, 0.29) is 29.5 Å². The molecular weight excluding hydrogens is 497 g/mol. The van der Waals surface area contributed by atoms with E-state index >= 15 is 0 Å². The molecule has 6 rings (SSSR count). The lowest BCUT2D eigenvalue weighted by Gasteiger charge is -2.48. The van der Waals surface area contributed by atoms with Crippen LogP contribution in [0.5, 0.6) is 0 Å². The molecule has 3 atom stereocenters. The van der Waals surface area contributed by atoms with Gasteiger partial charge in [-0.1, -0.05) is 24.2 Å². The molecule has 1 saturated heterocycles. The highest BCUT2D eigenvalue weighted by atomic mass is 19.1. The zero-order valence-corrected chi connectivity index (χ0v) is 22.2. The second-order valence-corrected chi connectivity index (χ2v) is 10.6. The molecule has 1 aliphatic heterocycles. The van der Waals surface area contributed by atoms with Crippen LogP contribution in [0.4, 0.5) is 10.1 Å². The second-order valence-electron chi connectivity index (χ2n) is 10.6. The number of rotatable bonds is 6. The number of fused-ring (bicyclic) bond motifs is 1. The number of piperazine rings is 1. The summed E-state index contributed by atoms with van der Waals surface area (Å²) in [7, 11) is 1.71.